The van der Waals surface area contributed by atoms with Crippen LogP contribution in [0, 0.1) is 5.92 Å². The van der Waals surface area contributed by atoms with Gasteiger partial charge >= 0.3 is 0 Å². The Morgan fingerprint density at radius 2 is 2.00 bits per heavy atom. The van der Waals surface area contributed by atoms with Crippen LogP contribution in [0.3, 0.4) is 0 Å². The summed E-state index contributed by atoms with van der Waals surface area (Å²) >= 11 is 3.39. The quantitative estimate of drug-likeness (QED) is 0.445. The number of hydrogen-bond donors (Lipinski definition) is 2. The van der Waals surface area contributed by atoms with Gasteiger partial charge in [-0.05, 0) is 34.0 Å². The van der Waals surface area contributed by atoms with Crippen molar-refractivity contribution in [1.29, 1.82) is 0 Å². The lowest BCUT2D eigenvalue weighted by Gasteiger charge is -2.06. The van der Waals surface area contributed by atoms with Gasteiger partial charge < -0.3 is 14.8 Å². The zero-order valence-electron chi connectivity index (χ0n) is 12.9. The number of benzene rings is 1. The Kier molecular flexibility index (Phi) is 5.97. The minimum atomic E-state index is -0.473. The molecule has 7 nitrogen and oxygen atoms in total. The van der Waals surface area contributed by atoms with E-state index in [1.54, 1.807) is 12.1 Å². The second-order valence-corrected chi connectivity index (χ2v) is 6.25. The number of rotatable bonds is 6. The van der Waals surface area contributed by atoms with Crippen LogP contribution in [0.5, 0.6) is 11.5 Å². The molecule has 2 N–H and O–H groups in total. The molecule has 8 heteroatoms. The minimum absolute atomic E-state index is 0.185. The average molecular weight is 384 g/mol. The van der Waals surface area contributed by atoms with E-state index >= 15 is 0 Å². The van der Waals surface area contributed by atoms with E-state index in [0.717, 1.165) is 10.0 Å². The van der Waals surface area contributed by atoms with Crippen molar-refractivity contribution in [1.82, 2.24) is 10.7 Å². The first-order chi connectivity index (χ1) is 11.0. The van der Waals surface area contributed by atoms with Crippen molar-refractivity contribution in [3.8, 4) is 11.5 Å². The molecule has 1 aromatic carbocycles. The second-order valence-electron chi connectivity index (χ2n) is 5.39. The van der Waals surface area contributed by atoms with Crippen molar-refractivity contribution < 1.29 is 19.1 Å². The Labute approximate surface area is 142 Å². The van der Waals surface area contributed by atoms with E-state index in [1.807, 2.05) is 13.8 Å². The number of hydrogen-bond acceptors (Lipinski definition) is 5. The molecule has 0 saturated carbocycles. The van der Waals surface area contributed by atoms with E-state index in [2.05, 4.69) is 31.8 Å². The van der Waals surface area contributed by atoms with E-state index < -0.39 is 5.91 Å². The van der Waals surface area contributed by atoms with E-state index in [-0.39, 0.29) is 19.1 Å². The molecule has 1 aliphatic heterocycles. The first-order valence-electron chi connectivity index (χ1n) is 7.13. The highest BCUT2D eigenvalue weighted by atomic mass is 79.9. The number of fused-ring (bicyclic) bond motifs is 1. The third kappa shape index (κ3) is 5.24. The third-order valence-electron chi connectivity index (χ3n) is 2.91. The maximum atomic E-state index is 11.6. The van der Waals surface area contributed by atoms with Crippen molar-refractivity contribution in [2.45, 2.75) is 20.3 Å². The molecule has 0 aromatic heterocycles. The lowest BCUT2D eigenvalue weighted by molar-refractivity contribution is -0.129. The summed E-state index contributed by atoms with van der Waals surface area (Å²) in [5.41, 5.74) is 3.04. The number of ether oxygens (including phenoxy) is 2. The van der Waals surface area contributed by atoms with Crippen LogP contribution in [0.1, 0.15) is 25.8 Å². The first kappa shape index (κ1) is 17.3. The molecular weight excluding hydrogens is 366 g/mol. The summed E-state index contributed by atoms with van der Waals surface area (Å²) in [5, 5.41) is 6.51. The van der Waals surface area contributed by atoms with Gasteiger partial charge in [0.15, 0.2) is 11.5 Å². The monoisotopic (exact) mass is 383 g/mol. The molecule has 1 aromatic rings. The van der Waals surface area contributed by atoms with Crippen molar-refractivity contribution in [3.05, 3.63) is 22.2 Å². The van der Waals surface area contributed by atoms with Crippen molar-refractivity contribution >= 4 is 34.0 Å². The summed E-state index contributed by atoms with van der Waals surface area (Å²) in [5.74, 6) is 0.812. The molecule has 23 heavy (non-hydrogen) atoms. The number of halogens is 1. The molecule has 0 aliphatic carbocycles. The third-order valence-corrected chi connectivity index (χ3v) is 3.60. The van der Waals surface area contributed by atoms with Crippen LogP contribution in [0.2, 0.25) is 0 Å². The average Bonchev–Trinajstić information content (AvgIpc) is 2.92. The molecule has 0 bridgehead atoms. The van der Waals surface area contributed by atoms with E-state index in [1.165, 1.54) is 6.21 Å². The lowest BCUT2D eigenvalue weighted by atomic mass is 10.2. The molecule has 0 atom stereocenters. The number of nitrogens with one attached hydrogen (secondary N) is 2. The molecule has 124 valence electrons. The first-order valence-corrected chi connectivity index (χ1v) is 7.92. The fourth-order valence-electron chi connectivity index (χ4n) is 1.77. The smallest absolute Gasteiger partial charge is 0.249 e. The van der Waals surface area contributed by atoms with E-state index in [4.69, 9.17) is 9.47 Å². The fourth-order valence-corrected chi connectivity index (χ4v) is 2.20. The van der Waals surface area contributed by atoms with Gasteiger partial charge in [0.05, 0.1) is 6.21 Å². The summed E-state index contributed by atoms with van der Waals surface area (Å²) in [7, 11) is 0. The Morgan fingerprint density at radius 3 is 2.70 bits per heavy atom. The largest absolute Gasteiger partial charge is 0.454 e. The predicted octanol–water partition coefficient (Wildman–Crippen LogP) is 1.79. The topological polar surface area (TPSA) is 89.0 Å². The highest BCUT2D eigenvalue weighted by Crippen LogP contribution is 2.36. The van der Waals surface area contributed by atoms with Crippen LogP contribution in [0.25, 0.3) is 0 Å². The number of hydrazone groups is 1. The van der Waals surface area contributed by atoms with Crippen molar-refractivity contribution in [3.63, 3.8) is 0 Å². The summed E-state index contributed by atoms with van der Waals surface area (Å²) in [6.07, 6.45) is 1.21. The standard InChI is InChI=1S/C15H18BrN3O4/c1-9(2)6-17-14(20)5-15(21)19-18-7-10-3-12-13(4-11(10)16)23-8-22-12/h3-4,7,9H,5-6,8H2,1-2H3,(H,17,20)(H,19,21). The van der Waals surface area contributed by atoms with Crippen LogP contribution >= 0.6 is 15.9 Å². The molecule has 2 rings (SSSR count). The number of carbonyl (C=O) groups excluding carboxylic acids is 2. The number of nitrogens with zero attached hydrogens (tertiary/aromatic N) is 1. The maximum Gasteiger partial charge on any atom is 0.249 e. The van der Waals surface area contributed by atoms with E-state index in [9.17, 15) is 9.59 Å². The fraction of sp³-hybridized carbons (Fsp3) is 0.400. The molecule has 1 aliphatic rings. The van der Waals surface area contributed by atoms with Crippen molar-refractivity contribution in [2.24, 2.45) is 11.0 Å². The van der Waals surface area contributed by atoms with E-state index in [0.29, 0.717) is 24.0 Å². The normalized spacial score (nSPS) is 12.7. The molecule has 0 unspecified atom stereocenters. The Balaban J connectivity index is 1.84. The van der Waals surface area contributed by atoms with Gasteiger partial charge in [0.2, 0.25) is 18.6 Å². The van der Waals surface area contributed by atoms with Crippen LogP contribution in [-0.2, 0) is 9.59 Å². The number of carbonyl (C=O) groups is 2. The van der Waals surface area contributed by atoms with Gasteiger partial charge in [-0.15, -0.1) is 0 Å². The molecule has 2 amide bonds. The Morgan fingerprint density at radius 1 is 1.30 bits per heavy atom. The summed E-state index contributed by atoms with van der Waals surface area (Å²) < 4.78 is 11.3. The molecular formula is C15H18BrN3O4. The van der Waals surface area contributed by atoms with Crippen LogP contribution < -0.4 is 20.2 Å². The van der Waals surface area contributed by atoms with Crippen LogP contribution in [0.15, 0.2) is 21.7 Å². The van der Waals surface area contributed by atoms with Gasteiger partial charge in [-0.1, -0.05) is 13.8 Å². The summed E-state index contributed by atoms with van der Waals surface area (Å²) in [4.78, 5) is 23.1. The zero-order valence-corrected chi connectivity index (χ0v) is 14.5. The second kappa shape index (κ2) is 7.96. The highest BCUT2D eigenvalue weighted by molar-refractivity contribution is 9.10. The predicted molar refractivity (Wildman–Crippen MR) is 88.5 cm³/mol. The van der Waals surface area contributed by atoms with Gasteiger partial charge in [0, 0.05) is 16.6 Å². The highest BCUT2D eigenvalue weighted by Gasteiger charge is 2.15. The maximum absolute atomic E-state index is 11.6. The number of amides is 2. The van der Waals surface area contributed by atoms with Gasteiger partial charge in [-0.25, -0.2) is 5.43 Å². The van der Waals surface area contributed by atoms with Gasteiger partial charge in [-0.2, -0.15) is 5.10 Å². The molecule has 0 spiro atoms. The Hall–Kier alpha value is -2.09. The van der Waals surface area contributed by atoms with Crippen molar-refractivity contribution in [2.75, 3.05) is 13.3 Å². The summed E-state index contributed by atoms with van der Waals surface area (Å²) in [6, 6.07) is 3.52. The summed E-state index contributed by atoms with van der Waals surface area (Å²) in [6.45, 7) is 4.69. The molecule has 1 heterocycles. The van der Waals surface area contributed by atoms with Gasteiger partial charge in [0.1, 0.15) is 6.42 Å². The molecule has 0 fully saturated rings. The van der Waals surface area contributed by atoms with Crippen LogP contribution in [0.4, 0.5) is 0 Å². The SMILES string of the molecule is CC(C)CNC(=O)CC(=O)NN=Cc1cc2c(cc1Br)OCO2. The molecule has 0 radical (unpaired) electrons. The molecule has 0 saturated heterocycles. The lowest BCUT2D eigenvalue weighted by Crippen LogP contribution is -2.32. The minimum Gasteiger partial charge on any atom is -0.454 e. The van der Waals surface area contributed by atoms with Gasteiger partial charge in [0.25, 0.3) is 0 Å². The van der Waals surface area contributed by atoms with Gasteiger partial charge in [-0.3, -0.25) is 9.59 Å². The van der Waals surface area contributed by atoms with Crippen LogP contribution in [-0.4, -0.2) is 31.4 Å². The zero-order chi connectivity index (χ0) is 16.8. The Bertz CT molecular complexity index is 631.